The highest BCUT2D eigenvalue weighted by atomic mass is 19.4. The summed E-state index contributed by atoms with van der Waals surface area (Å²) in [5, 5.41) is 8.52. The summed E-state index contributed by atoms with van der Waals surface area (Å²) in [6.07, 6.45) is -2.84. The second kappa shape index (κ2) is 8.28. The summed E-state index contributed by atoms with van der Waals surface area (Å²) in [7, 11) is 0. The van der Waals surface area contributed by atoms with Gasteiger partial charge in [0.1, 0.15) is 5.75 Å². The van der Waals surface area contributed by atoms with E-state index >= 15 is 0 Å². The molecule has 1 aliphatic carbocycles. The fraction of sp³-hybridized carbons (Fsp3) is 0.316. The van der Waals surface area contributed by atoms with Gasteiger partial charge in [-0.25, -0.2) is 4.79 Å². The zero-order chi connectivity index (χ0) is 20.1. The Labute approximate surface area is 159 Å². The van der Waals surface area contributed by atoms with Crippen LogP contribution in [0.4, 0.5) is 23.7 Å². The summed E-state index contributed by atoms with van der Waals surface area (Å²) in [5.41, 5.74) is 3.22. The standard InChI is InChI=1S/C19H18F3N3O3/c20-19(21,22)28-15-8-4-12(5-9-15)11-23-18(26)24-17-3-1-2-13-6-7-14(25-27)10-16(13)17/h1-5,8-9,14H,6-7,10-11H2,(H2,23,24,26). The van der Waals surface area contributed by atoms with Gasteiger partial charge in [0, 0.05) is 18.7 Å². The minimum absolute atomic E-state index is 0.131. The number of ether oxygens (including phenoxy) is 1. The highest BCUT2D eigenvalue weighted by Crippen LogP contribution is 2.29. The smallest absolute Gasteiger partial charge is 0.406 e. The number of benzene rings is 2. The second-order valence-electron chi connectivity index (χ2n) is 6.44. The first-order valence-electron chi connectivity index (χ1n) is 8.67. The van der Waals surface area contributed by atoms with Crippen molar-refractivity contribution in [1.82, 2.24) is 5.32 Å². The van der Waals surface area contributed by atoms with E-state index in [-0.39, 0.29) is 18.3 Å². The number of nitroso groups, excluding NO2 is 1. The SMILES string of the molecule is O=NC1CCc2cccc(NC(=O)NCc3ccc(OC(F)(F)F)cc3)c2C1. The predicted octanol–water partition coefficient (Wildman–Crippen LogP) is 4.53. The second-order valence-corrected chi connectivity index (χ2v) is 6.44. The molecule has 1 atom stereocenters. The molecule has 0 spiro atoms. The number of anilines is 1. The van der Waals surface area contributed by atoms with E-state index in [1.54, 1.807) is 6.07 Å². The van der Waals surface area contributed by atoms with Crippen LogP contribution in [0, 0.1) is 4.91 Å². The molecule has 0 fully saturated rings. The van der Waals surface area contributed by atoms with Crippen molar-refractivity contribution in [3.05, 3.63) is 64.1 Å². The molecular weight excluding hydrogens is 375 g/mol. The fourth-order valence-electron chi connectivity index (χ4n) is 3.13. The lowest BCUT2D eigenvalue weighted by molar-refractivity contribution is -0.274. The van der Waals surface area contributed by atoms with Crippen molar-refractivity contribution in [2.45, 2.75) is 38.2 Å². The van der Waals surface area contributed by atoms with Crippen LogP contribution < -0.4 is 15.4 Å². The van der Waals surface area contributed by atoms with Gasteiger partial charge in [0.15, 0.2) is 0 Å². The molecule has 0 aromatic heterocycles. The molecule has 0 heterocycles. The van der Waals surface area contributed by atoms with Gasteiger partial charge < -0.3 is 15.4 Å². The van der Waals surface area contributed by atoms with E-state index in [1.165, 1.54) is 24.3 Å². The maximum absolute atomic E-state index is 12.2. The molecule has 3 rings (SSSR count). The van der Waals surface area contributed by atoms with Gasteiger partial charge in [0.05, 0.1) is 6.04 Å². The first kappa shape index (κ1) is 19.7. The number of urea groups is 1. The fourth-order valence-corrected chi connectivity index (χ4v) is 3.13. The van der Waals surface area contributed by atoms with Gasteiger partial charge in [-0.3, -0.25) is 0 Å². The van der Waals surface area contributed by atoms with Gasteiger partial charge >= 0.3 is 12.4 Å². The van der Waals surface area contributed by atoms with Crippen LogP contribution >= 0.6 is 0 Å². The molecule has 2 N–H and O–H groups in total. The number of hydrogen-bond donors (Lipinski definition) is 2. The van der Waals surface area contributed by atoms with Crippen LogP contribution in [0.5, 0.6) is 5.75 Å². The molecular formula is C19H18F3N3O3. The van der Waals surface area contributed by atoms with E-state index < -0.39 is 12.4 Å². The Morgan fingerprint density at radius 2 is 1.93 bits per heavy atom. The largest absolute Gasteiger partial charge is 0.573 e. The Balaban J connectivity index is 1.57. The van der Waals surface area contributed by atoms with E-state index in [2.05, 4.69) is 20.5 Å². The summed E-state index contributed by atoms with van der Waals surface area (Å²) in [6.45, 7) is 0.131. The van der Waals surface area contributed by atoms with Crippen molar-refractivity contribution in [3.63, 3.8) is 0 Å². The number of carbonyl (C=O) groups is 1. The normalized spacial score (nSPS) is 16.0. The highest BCUT2D eigenvalue weighted by Gasteiger charge is 2.31. The molecule has 2 aromatic carbocycles. The Morgan fingerprint density at radius 3 is 2.61 bits per heavy atom. The summed E-state index contributed by atoms with van der Waals surface area (Å²) >= 11 is 0. The lowest BCUT2D eigenvalue weighted by Crippen LogP contribution is -2.29. The van der Waals surface area contributed by atoms with Crippen LogP contribution in [0.1, 0.15) is 23.1 Å². The van der Waals surface area contributed by atoms with Crippen LogP contribution in [0.15, 0.2) is 47.6 Å². The van der Waals surface area contributed by atoms with Crippen LogP contribution in [-0.2, 0) is 19.4 Å². The average molecular weight is 393 g/mol. The quantitative estimate of drug-likeness (QED) is 0.733. The number of rotatable bonds is 5. The molecule has 0 aliphatic heterocycles. The Bertz CT molecular complexity index is 854. The van der Waals surface area contributed by atoms with Gasteiger partial charge in [0.2, 0.25) is 0 Å². The zero-order valence-corrected chi connectivity index (χ0v) is 14.8. The van der Waals surface area contributed by atoms with Gasteiger partial charge in [0.25, 0.3) is 0 Å². The Kier molecular flexibility index (Phi) is 5.81. The van der Waals surface area contributed by atoms with Gasteiger partial charge in [-0.2, -0.15) is 4.91 Å². The van der Waals surface area contributed by atoms with Crippen molar-refractivity contribution < 1.29 is 22.7 Å². The number of carbonyl (C=O) groups excluding carboxylic acids is 1. The molecule has 0 saturated carbocycles. The zero-order valence-electron chi connectivity index (χ0n) is 14.8. The molecule has 1 aliphatic rings. The van der Waals surface area contributed by atoms with E-state index in [1.807, 2.05) is 12.1 Å². The third-order valence-corrected chi connectivity index (χ3v) is 4.47. The van der Waals surface area contributed by atoms with Gasteiger partial charge in [-0.1, -0.05) is 29.4 Å². The van der Waals surface area contributed by atoms with Crippen molar-refractivity contribution in [1.29, 1.82) is 0 Å². The minimum Gasteiger partial charge on any atom is -0.406 e. The molecule has 0 bridgehead atoms. The molecule has 9 heteroatoms. The Hall–Kier alpha value is -3.10. The lowest BCUT2D eigenvalue weighted by Gasteiger charge is -2.22. The van der Waals surface area contributed by atoms with Crippen molar-refractivity contribution >= 4 is 11.7 Å². The Morgan fingerprint density at radius 1 is 1.18 bits per heavy atom. The number of amides is 2. The van der Waals surface area contributed by atoms with Crippen molar-refractivity contribution in [2.75, 3.05) is 5.32 Å². The van der Waals surface area contributed by atoms with Crippen molar-refractivity contribution in [3.8, 4) is 5.75 Å². The molecule has 2 amide bonds. The van der Waals surface area contributed by atoms with Crippen LogP contribution in [0.2, 0.25) is 0 Å². The summed E-state index contributed by atoms with van der Waals surface area (Å²) in [5.74, 6) is -0.324. The summed E-state index contributed by atoms with van der Waals surface area (Å²) in [6, 6.07) is 10.0. The molecule has 28 heavy (non-hydrogen) atoms. The molecule has 1 unspecified atom stereocenters. The summed E-state index contributed by atoms with van der Waals surface area (Å²) in [4.78, 5) is 23.0. The third kappa shape index (κ3) is 5.21. The number of fused-ring (bicyclic) bond motifs is 1. The highest BCUT2D eigenvalue weighted by molar-refractivity contribution is 5.90. The maximum atomic E-state index is 12.2. The monoisotopic (exact) mass is 393 g/mol. The molecule has 0 saturated heterocycles. The molecule has 0 radical (unpaired) electrons. The number of hydrogen-bond acceptors (Lipinski definition) is 4. The van der Waals surface area contributed by atoms with Gasteiger partial charge in [-0.05, 0) is 47.7 Å². The van der Waals surface area contributed by atoms with Crippen molar-refractivity contribution in [2.24, 2.45) is 5.18 Å². The molecule has 2 aromatic rings. The molecule has 148 valence electrons. The number of nitrogens with one attached hydrogen (secondary N) is 2. The third-order valence-electron chi connectivity index (χ3n) is 4.47. The minimum atomic E-state index is -4.74. The van der Waals surface area contributed by atoms with E-state index in [9.17, 15) is 22.9 Å². The van der Waals surface area contributed by atoms with E-state index in [0.29, 0.717) is 24.1 Å². The summed E-state index contributed by atoms with van der Waals surface area (Å²) < 4.78 is 40.3. The first-order chi connectivity index (χ1) is 13.3. The number of halogens is 3. The first-order valence-corrected chi connectivity index (χ1v) is 8.67. The van der Waals surface area contributed by atoms with E-state index in [4.69, 9.17) is 0 Å². The average Bonchev–Trinajstić information content (AvgIpc) is 2.66. The molecule has 6 nitrogen and oxygen atoms in total. The number of aryl methyl sites for hydroxylation is 1. The van der Waals surface area contributed by atoms with Gasteiger partial charge in [-0.15, -0.1) is 13.2 Å². The van der Waals surface area contributed by atoms with E-state index in [0.717, 1.165) is 17.5 Å². The predicted molar refractivity (Wildman–Crippen MR) is 97.0 cm³/mol. The number of alkyl halides is 3. The topological polar surface area (TPSA) is 79.8 Å². The van der Waals surface area contributed by atoms with Crippen LogP contribution in [0.25, 0.3) is 0 Å². The maximum Gasteiger partial charge on any atom is 0.573 e. The van der Waals surface area contributed by atoms with Crippen LogP contribution in [-0.4, -0.2) is 18.4 Å². The lowest BCUT2D eigenvalue weighted by atomic mass is 9.87. The number of nitrogens with zero attached hydrogens (tertiary/aromatic N) is 1. The van der Waals surface area contributed by atoms with Crippen LogP contribution in [0.3, 0.4) is 0 Å².